The van der Waals surface area contributed by atoms with Crippen LogP contribution >= 0.6 is 11.3 Å². The van der Waals surface area contributed by atoms with Crippen molar-refractivity contribution in [2.24, 2.45) is 0 Å². The van der Waals surface area contributed by atoms with Crippen LogP contribution in [-0.2, 0) is 6.42 Å². The summed E-state index contributed by atoms with van der Waals surface area (Å²) in [6.45, 7) is 7.67. The van der Waals surface area contributed by atoms with E-state index in [1.807, 2.05) is 0 Å². The molecule has 0 radical (unpaired) electrons. The normalized spacial score (nSPS) is 13.0. The highest BCUT2D eigenvalue weighted by Gasteiger charge is 2.08. The largest absolute Gasteiger partial charge is 0.309 e. The molecule has 0 aliphatic carbocycles. The highest BCUT2D eigenvalue weighted by molar-refractivity contribution is 7.09. The van der Waals surface area contributed by atoms with Crippen molar-refractivity contribution in [3.05, 3.63) is 16.1 Å². The molecular formula is C12H22N2S. The lowest BCUT2D eigenvalue weighted by Gasteiger charge is -2.09. The molecule has 15 heavy (non-hydrogen) atoms. The molecule has 0 spiro atoms. The molecule has 2 nitrogen and oxygen atoms in total. The maximum Gasteiger partial charge on any atom is 0.0928 e. The van der Waals surface area contributed by atoms with Gasteiger partial charge in [-0.25, -0.2) is 4.98 Å². The molecule has 0 saturated heterocycles. The zero-order valence-electron chi connectivity index (χ0n) is 10.0. The van der Waals surface area contributed by atoms with Crippen LogP contribution in [0.5, 0.6) is 0 Å². The summed E-state index contributed by atoms with van der Waals surface area (Å²) >= 11 is 1.80. The quantitative estimate of drug-likeness (QED) is 0.769. The molecule has 1 aromatic rings. The van der Waals surface area contributed by atoms with Gasteiger partial charge in [0.05, 0.1) is 10.7 Å². The van der Waals surface area contributed by atoms with Gasteiger partial charge in [-0.1, -0.05) is 20.3 Å². The molecule has 1 heterocycles. The van der Waals surface area contributed by atoms with Gasteiger partial charge in [-0.3, -0.25) is 0 Å². The van der Waals surface area contributed by atoms with Gasteiger partial charge in [-0.15, -0.1) is 11.3 Å². The Morgan fingerprint density at radius 2 is 2.20 bits per heavy atom. The summed E-state index contributed by atoms with van der Waals surface area (Å²) < 4.78 is 0. The fraction of sp³-hybridized carbons (Fsp3) is 0.750. The zero-order chi connectivity index (χ0) is 11.1. The van der Waals surface area contributed by atoms with Crippen molar-refractivity contribution in [2.45, 2.75) is 52.5 Å². The smallest absolute Gasteiger partial charge is 0.0928 e. The van der Waals surface area contributed by atoms with Crippen LogP contribution in [0.1, 0.15) is 56.8 Å². The Kier molecular flexibility index (Phi) is 5.88. The Hall–Kier alpha value is -0.410. The van der Waals surface area contributed by atoms with Gasteiger partial charge in [-0.05, 0) is 32.7 Å². The minimum atomic E-state index is 0.400. The Morgan fingerprint density at radius 1 is 1.40 bits per heavy atom. The van der Waals surface area contributed by atoms with E-state index in [0.29, 0.717) is 6.04 Å². The number of aryl methyl sites for hydroxylation is 1. The van der Waals surface area contributed by atoms with Crippen LogP contribution in [0.15, 0.2) is 5.38 Å². The SMILES string of the molecule is CCCCc1nc(C(C)NCCC)cs1. The molecule has 3 heteroatoms. The third-order valence-electron chi connectivity index (χ3n) is 2.46. The van der Waals surface area contributed by atoms with Crippen molar-refractivity contribution in [2.75, 3.05) is 6.54 Å². The first-order valence-electron chi connectivity index (χ1n) is 5.95. The molecule has 1 N–H and O–H groups in total. The van der Waals surface area contributed by atoms with Crippen LogP contribution in [0, 0.1) is 0 Å². The summed E-state index contributed by atoms with van der Waals surface area (Å²) in [4.78, 5) is 4.66. The first-order valence-corrected chi connectivity index (χ1v) is 6.83. The average molecular weight is 226 g/mol. The van der Waals surface area contributed by atoms with E-state index in [4.69, 9.17) is 0 Å². The molecule has 0 fully saturated rings. The second-order valence-corrected chi connectivity index (χ2v) is 4.89. The number of nitrogens with zero attached hydrogens (tertiary/aromatic N) is 1. The van der Waals surface area contributed by atoms with Crippen molar-refractivity contribution in [1.82, 2.24) is 10.3 Å². The minimum Gasteiger partial charge on any atom is -0.309 e. The number of hydrogen-bond donors (Lipinski definition) is 1. The lowest BCUT2D eigenvalue weighted by Crippen LogP contribution is -2.19. The third-order valence-corrected chi connectivity index (χ3v) is 3.38. The van der Waals surface area contributed by atoms with Gasteiger partial charge >= 0.3 is 0 Å². The number of rotatable bonds is 7. The van der Waals surface area contributed by atoms with E-state index in [0.717, 1.165) is 13.0 Å². The molecule has 1 rings (SSSR count). The molecule has 86 valence electrons. The molecule has 0 aliphatic rings. The lowest BCUT2D eigenvalue weighted by atomic mass is 10.2. The molecule has 0 saturated carbocycles. The Morgan fingerprint density at radius 3 is 2.87 bits per heavy atom. The molecule has 0 aliphatic heterocycles. The summed E-state index contributed by atoms with van der Waals surface area (Å²) in [5.41, 5.74) is 1.21. The standard InChI is InChI=1S/C12H22N2S/c1-4-6-7-12-14-11(9-15-12)10(3)13-8-5-2/h9-10,13H,4-8H2,1-3H3. The maximum atomic E-state index is 4.66. The van der Waals surface area contributed by atoms with E-state index < -0.39 is 0 Å². The van der Waals surface area contributed by atoms with Crippen LogP contribution < -0.4 is 5.32 Å². The molecule has 0 amide bonds. The van der Waals surface area contributed by atoms with Crippen LogP contribution in [0.2, 0.25) is 0 Å². The Balaban J connectivity index is 2.43. The summed E-state index contributed by atoms with van der Waals surface area (Å²) in [5, 5.41) is 6.94. The molecule has 1 unspecified atom stereocenters. The van der Waals surface area contributed by atoms with Gasteiger partial charge in [0.1, 0.15) is 0 Å². The first kappa shape index (κ1) is 12.7. The van der Waals surface area contributed by atoms with Crippen molar-refractivity contribution < 1.29 is 0 Å². The van der Waals surface area contributed by atoms with Crippen molar-refractivity contribution in [1.29, 1.82) is 0 Å². The fourth-order valence-corrected chi connectivity index (χ4v) is 2.37. The number of aromatic nitrogens is 1. The predicted octanol–water partition coefficient (Wildman–Crippen LogP) is 3.55. The summed E-state index contributed by atoms with van der Waals surface area (Å²) in [7, 11) is 0. The topological polar surface area (TPSA) is 24.9 Å². The lowest BCUT2D eigenvalue weighted by molar-refractivity contribution is 0.559. The molecule has 1 atom stereocenters. The second-order valence-electron chi connectivity index (χ2n) is 3.95. The molecular weight excluding hydrogens is 204 g/mol. The summed E-state index contributed by atoms with van der Waals surface area (Å²) in [6.07, 6.45) is 4.82. The summed E-state index contributed by atoms with van der Waals surface area (Å²) in [5.74, 6) is 0. The average Bonchev–Trinajstić information content (AvgIpc) is 2.71. The van der Waals surface area contributed by atoms with E-state index in [1.165, 1.54) is 30.0 Å². The first-order chi connectivity index (χ1) is 7.27. The van der Waals surface area contributed by atoms with Crippen molar-refractivity contribution in [3.8, 4) is 0 Å². The van der Waals surface area contributed by atoms with Crippen molar-refractivity contribution >= 4 is 11.3 Å². The Labute approximate surface area is 97.1 Å². The number of nitrogens with one attached hydrogen (secondary N) is 1. The fourth-order valence-electron chi connectivity index (χ4n) is 1.43. The van der Waals surface area contributed by atoms with E-state index in [1.54, 1.807) is 11.3 Å². The van der Waals surface area contributed by atoms with E-state index in [-0.39, 0.29) is 0 Å². The highest BCUT2D eigenvalue weighted by Crippen LogP contribution is 2.18. The van der Waals surface area contributed by atoms with Gasteiger partial charge < -0.3 is 5.32 Å². The highest BCUT2D eigenvalue weighted by atomic mass is 32.1. The minimum absolute atomic E-state index is 0.400. The van der Waals surface area contributed by atoms with Gasteiger partial charge in [-0.2, -0.15) is 0 Å². The maximum absolute atomic E-state index is 4.66. The third kappa shape index (κ3) is 4.31. The number of thiazole rings is 1. The molecule has 0 bridgehead atoms. The number of hydrogen-bond acceptors (Lipinski definition) is 3. The second kappa shape index (κ2) is 6.96. The molecule has 1 aromatic heterocycles. The number of unbranched alkanes of at least 4 members (excludes halogenated alkanes) is 1. The van der Waals surface area contributed by atoms with Crippen LogP contribution in [0.25, 0.3) is 0 Å². The van der Waals surface area contributed by atoms with Gasteiger partial charge in [0.15, 0.2) is 0 Å². The Bertz CT molecular complexity index is 270. The van der Waals surface area contributed by atoms with Gasteiger partial charge in [0.2, 0.25) is 0 Å². The van der Waals surface area contributed by atoms with Crippen LogP contribution in [0.3, 0.4) is 0 Å². The van der Waals surface area contributed by atoms with E-state index in [9.17, 15) is 0 Å². The molecule has 0 aromatic carbocycles. The van der Waals surface area contributed by atoms with Crippen molar-refractivity contribution in [3.63, 3.8) is 0 Å². The predicted molar refractivity (Wildman–Crippen MR) is 67.4 cm³/mol. The van der Waals surface area contributed by atoms with E-state index >= 15 is 0 Å². The monoisotopic (exact) mass is 226 g/mol. The van der Waals surface area contributed by atoms with Gasteiger partial charge in [0, 0.05) is 11.4 Å². The zero-order valence-corrected chi connectivity index (χ0v) is 10.9. The van der Waals surface area contributed by atoms with E-state index in [2.05, 4.69) is 36.5 Å². The van der Waals surface area contributed by atoms with Crippen LogP contribution in [0.4, 0.5) is 0 Å². The van der Waals surface area contributed by atoms with Gasteiger partial charge in [0.25, 0.3) is 0 Å². The van der Waals surface area contributed by atoms with Crippen LogP contribution in [-0.4, -0.2) is 11.5 Å². The summed E-state index contributed by atoms with van der Waals surface area (Å²) in [6, 6.07) is 0.400.